The fourth-order valence-electron chi connectivity index (χ4n) is 2.09. The second-order valence-corrected chi connectivity index (χ2v) is 4.42. The van der Waals surface area contributed by atoms with Crippen molar-refractivity contribution < 1.29 is 4.74 Å². The van der Waals surface area contributed by atoms with E-state index in [2.05, 4.69) is 11.0 Å². The van der Waals surface area contributed by atoms with E-state index in [-0.39, 0.29) is 5.57 Å². The largest absolute Gasteiger partial charge is 0.378 e. The lowest BCUT2D eigenvalue weighted by molar-refractivity contribution is 0.122. The summed E-state index contributed by atoms with van der Waals surface area (Å²) in [6.07, 6.45) is 1.62. The molecule has 19 heavy (non-hydrogen) atoms. The number of aryl methyl sites for hydroxylation is 1. The summed E-state index contributed by atoms with van der Waals surface area (Å²) in [6, 6.07) is 9.82. The molecule has 0 N–H and O–H groups in total. The van der Waals surface area contributed by atoms with Gasteiger partial charge in [-0.25, -0.2) is 0 Å². The Kier molecular flexibility index (Phi) is 4.18. The molecule has 0 amide bonds. The van der Waals surface area contributed by atoms with E-state index in [9.17, 15) is 0 Å². The lowest BCUT2D eigenvalue weighted by Gasteiger charge is -2.29. The molecule has 0 saturated carbocycles. The molecule has 0 spiro atoms. The van der Waals surface area contributed by atoms with E-state index >= 15 is 0 Å². The third-order valence-corrected chi connectivity index (χ3v) is 3.17. The number of anilines is 1. The Hall–Kier alpha value is -2.30. The summed E-state index contributed by atoms with van der Waals surface area (Å²) in [4.78, 5) is 2.28. The van der Waals surface area contributed by atoms with E-state index in [1.807, 2.05) is 31.2 Å². The number of nitrogens with zero attached hydrogens (tertiary/aromatic N) is 3. The van der Waals surface area contributed by atoms with Crippen LogP contribution >= 0.6 is 0 Å². The van der Waals surface area contributed by atoms with Crippen LogP contribution in [0.4, 0.5) is 5.69 Å². The summed E-state index contributed by atoms with van der Waals surface area (Å²) in [5.41, 5.74) is 3.26. The molecule has 96 valence electrons. The van der Waals surface area contributed by atoms with Gasteiger partial charge in [0.15, 0.2) is 0 Å². The smallest absolute Gasteiger partial charge is 0.130 e. The number of hydrogen-bond donors (Lipinski definition) is 0. The summed E-state index contributed by atoms with van der Waals surface area (Å²) in [5.74, 6) is 0. The van der Waals surface area contributed by atoms with E-state index in [1.54, 1.807) is 6.08 Å². The number of allylic oxidation sites excluding steroid dienone is 1. The van der Waals surface area contributed by atoms with Crippen molar-refractivity contribution in [3.8, 4) is 12.1 Å². The summed E-state index contributed by atoms with van der Waals surface area (Å²) >= 11 is 0. The molecule has 1 aliphatic rings. The van der Waals surface area contributed by atoms with Crippen LogP contribution in [-0.2, 0) is 4.74 Å². The van der Waals surface area contributed by atoms with Crippen molar-refractivity contribution in [2.75, 3.05) is 31.2 Å². The Morgan fingerprint density at radius 1 is 1.26 bits per heavy atom. The van der Waals surface area contributed by atoms with Gasteiger partial charge in [0.25, 0.3) is 0 Å². The van der Waals surface area contributed by atoms with Gasteiger partial charge in [-0.15, -0.1) is 0 Å². The number of hydrogen-bond acceptors (Lipinski definition) is 4. The quantitative estimate of drug-likeness (QED) is 0.758. The van der Waals surface area contributed by atoms with Crippen LogP contribution in [0.3, 0.4) is 0 Å². The Morgan fingerprint density at radius 2 is 1.95 bits per heavy atom. The summed E-state index contributed by atoms with van der Waals surface area (Å²) in [7, 11) is 0. The Balaban J connectivity index is 2.25. The average Bonchev–Trinajstić information content (AvgIpc) is 2.47. The van der Waals surface area contributed by atoms with Gasteiger partial charge in [-0.2, -0.15) is 10.5 Å². The topological polar surface area (TPSA) is 60.0 Å². The average molecular weight is 253 g/mol. The normalized spacial score (nSPS) is 14.4. The van der Waals surface area contributed by atoms with Gasteiger partial charge in [0, 0.05) is 18.8 Å². The molecule has 0 unspecified atom stereocenters. The summed E-state index contributed by atoms with van der Waals surface area (Å²) < 4.78 is 5.33. The van der Waals surface area contributed by atoms with E-state index in [4.69, 9.17) is 15.3 Å². The van der Waals surface area contributed by atoms with Crippen molar-refractivity contribution in [2.24, 2.45) is 0 Å². The first-order chi connectivity index (χ1) is 9.24. The highest BCUT2D eigenvalue weighted by Gasteiger charge is 2.11. The van der Waals surface area contributed by atoms with Crippen molar-refractivity contribution in [2.45, 2.75) is 6.92 Å². The van der Waals surface area contributed by atoms with Gasteiger partial charge in [0.2, 0.25) is 0 Å². The lowest BCUT2D eigenvalue weighted by Crippen LogP contribution is -2.36. The highest BCUT2D eigenvalue weighted by molar-refractivity contribution is 5.66. The van der Waals surface area contributed by atoms with E-state index < -0.39 is 0 Å². The SMILES string of the molecule is Cc1cc(N2CCOCC2)ccc1C=C(C#N)C#N. The van der Waals surface area contributed by atoms with Crippen LogP contribution in [0.15, 0.2) is 23.8 Å². The van der Waals surface area contributed by atoms with Crippen LogP contribution in [0.2, 0.25) is 0 Å². The zero-order valence-electron chi connectivity index (χ0n) is 10.9. The Morgan fingerprint density at radius 3 is 2.53 bits per heavy atom. The lowest BCUT2D eigenvalue weighted by atomic mass is 10.0. The van der Waals surface area contributed by atoms with Gasteiger partial charge in [-0.3, -0.25) is 0 Å². The Labute approximate surface area is 113 Å². The van der Waals surface area contributed by atoms with Crippen LogP contribution in [-0.4, -0.2) is 26.3 Å². The predicted molar refractivity (Wildman–Crippen MR) is 73.4 cm³/mol. The molecule has 0 radical (unpaired) electrons. The molecule has 1 heterocycles. The molecule has 1 aromatic rings. The third kappa shape index (κ3) is 3.13. The van der Waals surface area contributed by atoms with Crippen LogP contribution < -0.4 is 4.90 Å². The van der Waals surface area contributed by atoms with E-state index in [0.717, 1.165) is 43.1 Å². The minimum Gasteiger partial charge on any atom is -0.378 e. The molecular weight excluding hydrogens is 238 g/mol. The number of benzene rings is 1. The van der Waals surface area contributed by atoms with Crippen molar-refractivity contribution >= 4 is 11.8 Å². The van der Waals surface area contributed by atoms with Gasteiger partial charge < -0.3 is 9.64 Å². The summed E-state index contributed by atoms with van der Waals surface area (Å²) in [5, 5.41) is 17.5. The molecule has 1 saturated heterocycles. The highest BCUT2D eigenvalue weighted by atomic mass is 16.5. The standard InChI is InChI=1S/C15H15N3O/c1-12-8-15(18-4-6-19-7-5-18)3-2-14(12)9-13(10-16)11-17/h2-3,8-9H,4-7H2,1H3. The van der Waals surface area contributed by atoms with Crippen LogP contribution in [0.5, 0.6) is 0 Å². The fraction of sp³-hybridized carbons (Fsp3) is 0.333. The van der Waals surface area contributed by atoms with Gasteiger partial charge in [0.1, 0.15) is 17.7 Å². The zero-order chi connectivity index (χ0) is 13.7. The first kappa shape index (κ1) is 13.1. The predicted octanol–water partition coefficient (Wildman–Crippen LogP) is 2.26. The number of morpholine rings is 1. The number of ether oxygens (including phenoxy) is 1. The highest BCUT2D eigenvalue weighted by Crippen LogP contribution is 2.21. The van der Waals surface area contributed by atoms with Crippen LogP contribution in [0.1, 0.15) is 11.1 Å². The van der Waals surface area contributed by atoms with Crippen LogP contribution in [0.25, 0.3) is 6.08 Å². The molecule has 4 heteroatoms. The Bertz CT molecular complexity index is 556. The molecule has 0 aliphatic carbocycles. The molecule has 1 aliphatic heterocycles. The molecule has 4 nitrogen and oxygen atoms in total. The van der Waals surface area contributed by atoms with Crippen molar-refractivity contribution in [1.29, 1.82) is 10.5 Å². The maximum Gasteiger partial charge on any atom is 0.130 e. The first-order valence-electron chi connectivity index (χ1n) is 6.20. The van der Waals surface area contributed by atoms with E-state index in [0.29, 0.717) is 0 Å². The maximum absolute atomic E-state index is 8.77. The van der Waals surface area contributed by atoms with Gasteiger partial charge in [0.05, 0.1) is 13.2 Å². The van der Waals surface area contributed by atoms with Crippen LogP contribution in [0, 0.1) is 29.6 Å². The summed E-state index contributed by atoms with van der Waals surface area (Å²) in [6.45, 7) is 5.30. The van der Waals surface area contributed by atoms with Gasteiger partial charge in [-0.1, -0.05) is 6.07 Å². The van der Waals surface area contributed by atoms with Crippen molar-refractivity contribution in [3.05, 3.63) is 34.9 Å². The molecule has 0 atom stereocenters. The van der Waals surface area contributed by atoms with Crippen molar-refractivity contribution in [1.82, 2.24) is 0 Å². The van der Waals surface area contributed by atoms with E-state index in [1.165, 1.54) is 0 Å². The number of nitriles is 2. The molecular formula is C15H15N3O. The monoisotopic (exact) mass is 253 g/mol. The van der Waals surface area contributed by atoms with Gasteiger partial charge in [-0.05, 0) is 36.3 Å². The third-order valence-electron chi connectivity index (χ3n) is 3.17. The molecule has 0 bridgehead atoms. The van der Waals surface area contributed by atoms with Gasteiger partial charge >= 0.3 is 0 Å². The zero-order valence-corrected chi connectivity index (χ0v) is 10.9. The molecule has 1 fully saturated rings. The maximum atomic E-state index is 8.77. The fourth-order valence-corrected chi connectivity index (χ4v) is 2.09. The minimum absolute atomic E-state index is 0.127. The molecule has 2 rings (SSSR count). The van der Waals surface area contributed by atoms with Crippen molar-refractivity contribution in [3.63, 3.8) is 0 Å². The minimum atomic E-state index is 0.127. The second-order valence-electron chi connectivity index (χ2n) is 4.42. The molecule has 1 aromatic carbocycles. The molecule has 0 aromatic heterocycles. The first-order valence-corrected chi connectivity index (χ1v) is 6.20. The second kappa shape index (κ2) is 6.04. The number of rotatable bonds is 2.